The van der Waals surface area contributed by atoms with Crippen LogP contribution in [0.5, 0.6) is 5.75 Å². The Morgan fingerprint density at radius 1 is 1.38 bits per heavy atom. The van der Waals surface area contributed by atoms with E-state index in [-0.39, 0.29) is 6.61 Å². The molecule has 2 N–H and O–H groups in total. The largest absolute Gasteiger partial charge is 0.508 e. The smallest absolute Gasteiger partial charge is 0.119 e. The Bertz CT molecular complexity index is 307. The summed E-state index contributed by atoms with van der Waals surface area (Å²) in [5, 5.41) is 18.6. The highest BCUT2D eigenvalue weighted by Crippen LogP contribution is 2.30. The van der Waals surface area contributed by atoms with Crippen molar-refractivity contribution in [3.63, 3.8) is 0 Å². The van der Waals surface area contributed by atoms with Crippen molar-refractivity contribution in [2.24, 2.45) is 5.92 Å². The summed E-state index contributed by atoms with van der Waals surface area (Å²) in [7, 11) is 0. The van der Waals surface area contributed by atoms with Crippen molar-refractivity contribution in [3.8, 4) is 5.75 Å². The fourth-order valence-electron chi connectivity index (χ4n) is 2.02. The molecule has 2 nitrogen and oxygen atoms in total. The van der Waals surface area contributed by atoms with Crippen LogP contribution < -0.4 is 0 Å². The standard InChI is InChI=1S/C11H14O2/c12-7-8-4-5-10-9(6-8)2-1-3-11(10)13/h1-3,8,12-13H,4-7H2/t8-/m1/s1. The van der Waals surface area contributed by atoms with Crippen molar-refractivity contribution in [2.75, 3.05) is 6.61 Å². The molecule has 0 saturated carbocycles. The number of phenols is 1. The number of aromatic hydroxyl groups is 1. The Morgan fingerprint density at radius 2 is 2.23 bits per heavy atom. The fourth-order valence-corrected chi connectivity index (χ4v) is 2.02. The number of rotatable bonds is 1. The van der Waals surface area contributed by atoms with Gasteiger partial charge in [0.2, 0.25) is 0 Å². The molecule has 0 aromatic heterocycles. The van der Waals surface area contributed by atoms with Gasteiger partial charge in [0.15, 0.2) is 0 Å². The molecule has 1 aliphatic carbocycles. The molecule has 0 radical (unpaired) electrons. The summed E-state index contributed by atoms with van der Waals surface area (Å²) in [6.45, 7) is 0.259. The van der Waals surface area contributed by atoms with Gasteiger partial charge in [-0.25, -0.2) is 0 Å². The Hall–Kier alpha value is -1.02. The van der Waals surface area contributed by atoms with E-state index >= 15 is 0 Å². The molecule has 0 unspecified atom stereocenters. The minimum absolute atomic E-state index is 0.259. The van der Waals surface area contributed by atoms with Crippen molar-refractivity contribution in [2.45, 2.75) is 19.3 Å². The predicted molar refractivity (Wildman–Crippen MR) is 50.7 cm³/mol. The van der Waals surface area contributed by atoms with Crippen LogP contribution in [0.3, 0.4) is 0 Å². The van der Waals surface area contributed by atoms with Crippen LogP contribution in [0, 0.1) is 5.92 Å². The van der Waals surface area contributed by atoms with E-state index in [0.717, 1.165) is 24.8 Å². The van der Waals surface area contributed by atoms with Gasteiger partial charge in [0.25, 0.3) is 0 Å². The lowest BCUT2D eigenvalue weighted by atomic mass is 9.84. The molecule has 1 atom stereocenters. The fraction of sp³-hybridized carbons (Fsp3) is 0.455. The van der Waals surface area contributed by atoms with Crippen molar-refractivity contribution < 1.29 is 10.2 Å². The summed E-state index contributed by atoms with van der Waals surface area (Å²) in [6.07, 6.45) is 2.79. The summed E-state index contributed by atoms with van der Waals surface area (Å²) in [4.78, 5) is 0. The average Bonchev–Trinajstić information content (AvgIpc) is 2.18. The van der Waals surface area contributed by atoms with E-state index in [0.29, 0.717) is 11.7 Å². The Balaban J connectivity index is 2.31. The monoisotopic (exact) mass is 178 g/mol. The van der Waals surface area contributed by atoms with Gasteiger partial charge in [0, 0.05) is 6.61 Å². The molecule has 2 heteroatoms. The number of fused-ring (bicyclic) bond motifs is 1. The van der Waals surface area contributed by atoms with E-state index in [1.807, 2.05) is 12.1 Å². The van der Waals surface area contributed by atoms with Crippen LogP contribution in [0.15, 0.2) is 18.2 Å². The Kier molecular flexibility index (Phi) is 2.23. The summed E-state index contributed by atoms with van der Waals surface area (Å²) < 4.78 is 0. The molecular formula is C11H14O2. The number of hydrogen-bond acceptors (Lipinski definition) is 2. The summed E-state index contributed by atoms with van der Waals surface area (Å²) in [5.41, 5.74) is 2.28. The van der Waals surface area contributed by atoms with Gasteiger partial charge in [-0.2, -0.15) is 0 Å². The number of aliphatic hydroxyl groups is 1. The number of hydrogen-bond donors (Lipinski definition) is 2. The molecule has 0 spiro atoms. The molecule has 0 amide bonds. The van der Waals surface area contributed by atoms with E-state index in [4.69, 9.17) is 5.11 Å². The maximum absolute atomic E-state index is 9.55. The molecule has 0 fully saturated rings. The van der Waals surface area contributed by atoms with Gasteiger partial charge in [-0.3, -0.25) is 0 Å². The van der Waals surface area contributed by atoms with Crippen molar-refractivity contribution >= 4 is 0 Å². The summed E-state index contributed by atoms with van der Waals surface area (Å²) in [6, 6.07) is 5.64. The van der Waals surface area contributed by atoms with Crippen LogP contribution in [0.4, 0.5) is 0 Å². The van der Waals surface area contributed by atoms with Crippen molar-refractivity contribution in [3.05, 3.63) is 29.3 Å². The Morgan fingerprint density at radius 3 is 3.00 bits per heavy atom. The third kappa shape index (κ3) is 1.54. The lowest BCUT2D eigenvalue weighted by Crippen LogP contribution is -2.17. The highest BCUT2D eigenvalue weighted by Gasteiger charge is 2.19. The van der Waals surface area contributed by atoms with Crippen LogP contribution in [0.2, 0.25) is 0 Å². The highest BCUT2D eigenvalue weighted by molar-refractivity contribution is 5.40. The van der Waals surface area contributed by atoms with Gasteiger partial charge in [-0.1, -0.05) is 12.1 Å². The number of aliphatic hydroxyl groups excluding tert-OH is 1. The zero-order valence-corrected chi connectivity index (χ0v) is 7.53. The van der Waals surface area contributed by atoms with E-state index in [1.165, 1.54) is 5.56 Å². The molecule has 1 aromatic rings. The van der Waals surface area contributed by atoms with Gasteiger partial charge in [0.1, 0.15) is 5.75 Å². The maximum atomic E-state index is 9.55. The third-order valence-corrected chi connectivity index (χ3v) is 2.82. The minimum Gasteiger partial charge on any atom is -0.508 e. The molecule has 0 aliphatic heterocycles. The lowest BCUT2D eigenvalue weighted by molar-refractivity contribution is 0.212. The van der Waals surface area contributed by atoms with Crippen LogP contribution in [-0.2, 0) is 12.8 Å². The van der Waals surface area contributed by atoms with E-state index in [9.17, 15) is 5.11 Å². The second-order valence-electron chi connectivity index (χ2n) is 3.71. The first-order valence-corrected chi connectivity index (χ1v) is 4.72. The van der Waals surface area contributed by atoms with E-state index < -0.39 is 0 Å². The van der Waals surface area contributed by atoms with Crippen LogP contribution in [0.1, 0.15) is 17.5 Å². The average molecular weight is 178 g/mol. The first-order chi connectivity index (χ1) is 6.31. The second kappa shape index (κ2) is 3.38. The number of benzene rings is 1. The SMILES string of the molecule is OC[C@@H]1CCc2c(O)cccc2C1. The predicted octanol–water partition coefficient (Wildman–Crippen LogP) is 1.49. The van der Waals surface area contributed by atoms with Gasteiger partial charge >= 0.3 is 0 Å². The van der Waals surface area contributed by atoms with Crippen LogP contribution in [-0.4, -0.2) is 16.8 Å². The summed E-state index contributed by atoms with van der Waals surface area (Å²) in [5.74, 6) is 0.795. The van der Waals surface area contributed by atoms with Gasteiger partial charge in [-0.05, 0) is 42.4 Å². The molecule has 0 saturated heterocycles. The maximum Gasteiger partial charge on any atom is 0.119 e. The molecule has 1 aromatic carbocycles. The molecule has 13 heavy (non-hydrogen) atoms. The topological polar surface area (TPSA) is 40.5 Å². The first-order valence-electron chi connectivity index (χ1n) is 4.72. The van der Waals surface area contributed by atoms with Crippen molar-refractivity contribution in [1.82, 2.24) is 0 Å². The van der Waals surface area contributed by atoms with Crippen LogP contribution >= 0.6 is 0 Å². The molecule has 0 heterocycles. The highest BCUT2D eigenvalue weighted by atomic mass is 16.3. The van der Waals surface area contributed by atoms with Crippen LogP contribution in [0.25, 0.3) is 0 Å². The van der Waals surface area contributed by atoms with Gasteiger partial charge in [0.05, 0.1) is 0 Å². The second-order valence-corrected chi connectivity index (χ2v) is 3.71. The minimum atomic E-state index is 0.259. The van der Waals surface area contributed by atoms with E-state index in [1.54, 1.807) is 6.07 Å². The third-order valence-electron chi connectivity index (χ3n) is 2.82. The first kappa shape index (κ1) is 8.57. The molecule has 70 valence electrons. The summed E-state index contributed by atoms with van der Waals surface area (Å²) >= 11 is 0. The zero-order chi connectivity index (χ0) is 9.26. The zero-order valence-electron chi connectivity index (χ0n) is 7.53. The quantitative estimate of drug-likeness (QED) is 0.684. The van der Waals surface area contributed by atoms with Gasteiger partial charge in [-0.15, -0.1) is 0 Å². The molecule has 0 bridgehead atoms. The Labute approximate surface area is 77.8 Å². The molecule has 2 rings (SSSR count). The lowest BCUT2D eigenvalue weighted by Gasteiger charge is -2.23. The van der Waals surface area contributed by atoms with Gasteiger partial charge < -0.3 is 10.2 Å². The molecular weight excluding hydrogens is 164 g/mol. The van der Waals surface area contributed by atoms with E-state index in [2.05, 4.69) is 0 Å². The number of phenolic OH excluding ortho intramolecular Hbond substituents is 1. The molecule has 1 aliphatic rings. The van der Waals surface area contributed by atoms with Crippen molar-refractivity contribution in [1.29, 1.82) is 0 Å². The normalized spacial score (nSPS) is 21.2.